The molecule has 180 valence electrons. The minimum absolute atomic E-state index is 0.110. The van der Waals surface area contributed by atoms with E-state index in [2.05, 4.69) is 6.08 Å². The Morgan fingerprint density at radius 3 is 2.34 bits per heavy atom. The van der Waals surface area contributed by atoms with Crippen LogP contribution in [0.2, 0.25) is 0 Å². The first-order valence-electron chi connectivity index (χ1n) is 12.3. The molecule has 0 amide bonds. The summed E-state index contributed by atoms with van der Waals surface area (Å²) in [6.45, 7) is 2.58. The number of hydrogen-bond donors (Lipinski definition) is 0. The van der Waals surface area contributed by atoms with Gasteiger partial charge in [0.25, 0.3) is 0 Å². The Bertz CT molecular complexity index is 1270. The maximum Gasteiger partial charge on any atom is 0.166 e. The molecule has 1 aliphatic heterocycles. The summed E-state index contributed by atoms with van der Waals surface area (Å²) < 4.78 is 49.3. The molecule has 2 aliphatic rings. The Hall–Kier alpha value is -3.11. The molecular formula is C31H29F3O. The number of rotatable bonds is 7. The van der Waals surface area contributed by atoms with Crippen LogP contribution in [0, 0.1) is 23.4 Å². The van der Waals surface area contributed by atoms with Crippen molar-refractivity contribution in [3.63, 3.8) is 0 Å². The van der Waals surface area contributed by atoms with Crippen molar-refractivity contribution in [3.8, 4) is 11.1 Å². The highest BCUT2D eigenvalue weighted by molar-refractivity contribution is 5.67. The first-order valence-corrected chi connectivity index (χ1v) is 12.3. The number of benzene rings is 3. The second-order valence-corrected chi connectivity index (χ2v) is 9.45. The van der Waals surface area contributed by atoms with Gasteiger partial charge in [-0.05, 0) is 78.8 Å². The van der Waals surface area contributed by atoms with E-state index in [1.165, 1.54) is 6.07 Å². The monoisotopic (exact) mass is 474 g/mol. The molecule has 1 nitrogen and oxygen atoms in total. The van der Waals surface area contributed by atoms with Crippen LogP contribution < -0.4 is 0 Å². The second kappa shape index (κ2) is 10.2. The van der Waals surface area contributed by atoms with Crippen molar-refractivity contribution in [2.75, 3.05) is 6.61 Å². The number of ether oxygens (including phenoxy) is 1. The van der Waals surface area contributed by atoms with Gasteiger partial charge in [0, 0.05) is 11.1 Å². The summed E-state index contributed by atoms with van der Waals surface area (Å²) in [5.74, 6) is -1.25. The molecule has 0 bridgehead atoms. The molecule has 0 spiro atoms. The van der Waals surface area contributed by atoms with Crippen molar-refractivity contribution in [1.82, 2.24) is 0 Å². The fourth-order valence-corrected chi connectivity index (χ4v) is 4.91. The summed E-state index contributed by atoms with van der Waals surface area (Å²) in [6, 6.07) is 16.5. The number of aryl methyl sites for hydroxylation is 2. The Balaban J connectivity index is 1.24. The average molecular weight is 475 g/mol. The summed E-state index contributed by atoms with van der Waals surface area (Å²) in [7, 11) is 0. The van der Waals surface area contributed by atoms with Gasteiger partial charge in [-0.2, -0.15) is 0 Å². The Morgan fingerprint density at radius 1 is 0.914 bits per heavy atom. The van der Waals surface area contributed by atoms with E-state index in [9.17, 15) is 13.2 Å². The molecule has 1 heterocycles. The van der Waals surface area contributed by atoms with E-state index < -0.39 is 11.6 Å². The third-order valence-electron chi connectivity index (χ3n) is 7.08. The second-order valence-electron chi connectivity index (χ2n) is 9.45. The molecule has 1 fully saturated rings. The zero-order valence-electron chi connectivity index (χ0n) is 19.9. The van der Waals surface area contributed by atoms with Gasteiger partial charge in [-0.3, -0.25) is 0 Å². The van der Waals surface area contributed by atoms with Crippen LogP contribution in [0.3, 0.4) is 0 Å². The van der Waals surface area contributed by atoms with E-state index >= 15 is 0 Å². The van der Waals surface area contributed by atoms with Crippen LogP contribution >= 0.6 is 0 Å². The van der Waals surface area contributed by atoms with Crippen LogP contribution in [0.15, 0.2) is 72.8 Å². The number of epoxide rings is 1. The Kier molecular flexibility index (Phi) is 6.92. The van der Waals surface area contributed by atoms with Gasteiger partial charge >= 0.3 is 0 Å². The van der Waals surface area contributed by atoms with Crippen molar-refractivity contribution >= 4 is 5.57 Å². The fraction of sp³-hybridized carbons (Fsp3) is 0.290. The van der Waals surface area contributed by atoms with Gasteiger partial charge in [0.15, 0.2) is 11.6 Å². The molecule has 35 heavy (non-hydrogen) atoms. The predicted molar refractivity (Wildman–Crippen MR) is 134 cm³/mol. The summed E-state index contributed by atoms with van der Waals surface area (Å²) in [5.41, 5.74) is 5.01. The average Bonchev–Trinajstić information content (AvgIpc) is 3.71. The lowest BCUT2D eigenvalue weighted by Gasteiger charge is -2.20. The van der Waals surface area contributed by atoms with Crippen LogP contribution in [0.4, 0.5) is 13.2 Å². The summed E-state index contributed by atoms with van der Waals surface area (Å²) in [4.78, 5) is 0. The molecule has 0 N–H and O–H groups in total. The maximum absolute atomic E-state index is 14.9. The van der Waals surface area contributed by atoms with Crippen LogP contribution in [-0.2, 0) is 17.6 Å². The minimum Gasteiger partial charge on any atom is -0.368 e. The van der Waals surface area contributed by atoms with E-state index in [1.807, 2.05) is 49.4 Å². The third-order valence-corrected chi connectivity index (χ3v) is 7.08. The third kappa shape index (κ3) is 5.28. The van der Waals surface area contributed by atoms with E-state index in [0.717, 1.165) is 41.5 Å². The number of halogens is 3. The van der Waals surface area contributed by atoms with Crippen molar-refractivity contribution in [1.29, 1.82) is 0 Å². The van der Waals surface area contributed by atoms with Crippen molar-refractivity contribution in [3.05, 3.63) is 113 Å². The summed E-state index contributed by atoms with van der Waals surface area (Å²) in [5, 5.41) is 0. The van der Waals surface area contributed by atoms with Crippen LogP contribution in [-0.4, -0.2) is 6.61 Å². The van der Waals surface area contributed by atoms with Crippen molar-refractivity contribution in [2.45, 2.75) is 45.1 Å². The lowest BCUT2D eigenvalue weighted by atomic mass is 9.86. The molecule has 2 unspecified atom stereocenters. The Labute approximate surface area is 205 Å². The molecule has 3 aromatic carbocycles. The predicted octanol–water partition coefficient (Wildman–Crippen LogP) is 8.39. The zero-order chi connectivity index (χ0) is 24.4. The number of hydrogen-bond acceptors (Lipinski definition) is 1. The highest BCUT2D eigenvalue weighted by atomic mass is 19.2. The standard InChI is InChI=1S/C31H29F3O/c1-2-3-20-6-11-23(12-7-20)26-16-14-24(30(33)31(26)34)13-8-21-4-9-22(10-5-21)25-15-17-27(28(32)18-25)29-19-35-29/h2-5,9-11,14-18,20,29H,6-8,12-13,19H2,1H3/b3-2+. The maximum atomic E-state index is 14.9. The molecule has 2 atom stereocenters. The molecule has 1 aliphatic carbocycles. The van der Waals surface area contributed by atoms with E-state index in [-0.39, 0.29) is 11.9 Å². The lowest BCUT2D eigenvalue weighted by Crippen LogP contribution is -2.06. The van der Waals surface area contributed by atoms with Gasteiger partial charge in [0.05, 0.1) is 6.61 Å². The summed E-state index contributed by atoms with van der Waals surface area (Å²) in [6.07, 6.45) is 9.76. The molecule has 0 aromatic heterocycles. The molecular weight excluding hydrogens is 445 g/mol. The first kappa shape index (κ1) is 23.6. The zero-order valence-corrected chi connectivity index (χ0v) is 19.9. The van der Waals surface area contributed by atoms with E-state index in [4.69, 9.17) is 4.74 Å². The molecule has 0 radical (unpaired) electrons. The fourth-order valence-electron chi connectivity index (χ4n) is 4.91. The molecule has 1 saturated heterocycles. The SMILES string of the molecule is C/C=C/C1CC=C(c2ccc(CCc3ccc(-c4ccc(C5CO5)c(F)c4)cc3)c(F)c2F)CC1. The highest BCUT2D eigenvalue weighted by Gasteiger charge is 2.27. The first-order chi connectivity index (χ1) is 17.0. The van der Waals surface area contributed by atoms with Gasteiger partial charge in [-0.1, -0.05) is 66.8 Å². The van der Waals surface area contributed by atoms with Crippen LogP contribution in [0.1, 0.15) is 54.5 Å². The van der Waals surface area contributed by atoms with Gasteiger partial charge < -0.3 is 4.74 Å². The van der Waals surface area contributed by atoms with E-state index in [0.29, 0.717) is 42.1 Å². The van der Waals surface area contributed by atoms with Crippen molar-refractivity contribution < 1.29 is 17.9 Å². The number of allylic oxidation sites excluding steroid dienone is 4. The van der Waals surface area contributed by atoms with Crippen LogP contribution in [0.25, 0.3) is 16.7 Å². The van der Waals surface area contributed by atoms with Gasteiger partial charge in [-0.25, -0.2) is 13.2 Å². The summed E-state index contributed by atoms with van der Waals surface area (Å²) >= 11 is 0. The molecule has 0 saturated carbocycles. The molecule has 4 heteroatoms. The topological polar surface area (TPSA) is 12.5 Å². The quantitative estimate of drug-likeness (QED) is 0.247. The van der Waals surface area contributed by atoms with E-state index in [1.54, 1.807) is 18.2 Å². The highest BCUT2D eigenvalue weighted by Crippen LogP contribution is 2.35. The lowest BCUT2D eigenvalue weighted by molar-refractivity contribution is 0.408. The van der Waals surface area contributed by atoms with Crippen LogP contribution in [0.5, 0.6) is 0 Å². The van der Waals surface area contributed by atoms with Gasteiger partial charge in [0.1, 0.15) is 11.9 Å². The van der Waals surface area contributed by atoms with Gasteiger partial charge in [0.2, 0.25) is 0 Å². The molecule has 3 aromatic rings. The van der Waals surface area contributed by atoms with Gasteiger partial charge in [-0.15, -0.1) is 0 Å². The molecule has 5 rings (SSSR count). The minimum atomic E-state index is -0.745. The normalized spacial score (nSPS) is 19.7. The smallest absolute Gasteiger partial charge is 0.166 e. The largest absolute Gasteiger partial charge is 0.368 e. The Morgan fingerprint density at radius 2 is 1.69 bits per heavy atom. The van der Waals surface area contributed by atoms with Crippen molar-refractivity contribution in [2.24, 2.45) is 5.92 Å².